The normalized spacial score (nSPS) is 28.3. The SMILES string of the molecule is CC1CCC(NS(=O)(=O)c2ccc3c(c2)[C@H]2OCC[C@H]2C(c2ccc(C(=O)C(C)C)cc2)N3)CC1. The minimum absolute atomic E-state index is 0.00997. The van der Waals surface area contributed by atoms with Crippen molar-refractivity contribution >= 4 is 21.5 Å². The summed E-state index contributed by atoms with van der Waals surface area (Å²) in [7, 11) is -3.59. The summed E-state index contributed by atoms with van der Waals surface area (Å²) >= 11 is 0. The highest BCUT2D eigenvalue weighted by Crippen LogP contribution is 2.50. The Hall–Kier alpha value is -2.22. The molecule has 3 atom stereocenters. The van der Waals surface area contributed by atoms with Gasteiger partial charge in [0, 0.05) is 41.3 Å². The lowest BCUT2D eigenvalue weighted by molar-refractivity contribution is 0.0827. The fraction of sp³-hybridized carbons (Fsp3) is 0.536. The number of fused-ring (bicyclic) bond motifs is 3. The van der Waals surface area contributed by atoms with Gasteiger partial charge < -0.3 is 10.1 Å². The van der Waals surface area contributed by atoms with Gasteiger partial charge in [0.05, 0.1) is 17.0 Å². The lowest BCUT2D eigenvalue weighted by atomic mass is 9.81. The van der Waals surface area contributed by atoms with Crippen LogP contribution in [0.5, 0.6) is 0 Å². The highest BCUT2D eigenvalue weighted by molar-refractivity contribution is 7.89. The van der Waals surface area contributed by atoms with Crippen LogP contribution in [0.3, 0.4) is 0 Å². The Balaban J connectivity index is 1.38. The fourth-order valence-corrected chi connectivity index (χ4v) is 7.14. The van der Waals surface area contributed by atoms with Gasteiger partial charge in [-0.1, -0.05) is 45.0 Å². The predicted molar refractivity (Wildman–Crippen MR) is 137 cm³/mol. The minimum Gasteiger partial charge on any atom is -0.378 e. The van der Waals surface area contributed by atoms with Crippen molar-refractivity contribution < 1.29 is 17.9 Å². The number of anilines is 1. The van der Waals surface area contributed by atoms with Crippen LogP contribution < -0.4 is 10.0 Å². The first-order chi connectivity index (χ1) is 16.7. The highest BCUT2D eigenvalue weighted by Gasteiger charge is 2.42. The van der Waals surface area contributed by atoms with Gasteiger partial charge in [-0.15, -0.1) is 0 Å². The molecule has 2 N–H and O–H groups in total. The first-order valence-electron chi connectivity index (χ1n) is 12.9. The maximum Gasteiger partial charge on any atom is 0.240 e. The molecule has 1 saturated heterocycles. The van der Waals surface area contributed by atoms with E-state index in [4.69, 9.17) is 4.74 Å². The predicted octanol–water partition coefficient (Wildman–Crippen LogP) is 5.63. The molecule has 0 bridgehead atoms. The third-order valence-electron chi connectivity index (χ3n) is 7.93. The van der Waals surface area contributed by atoms with Crippen LogP contribution in [0.15, 0.2) is 47.4 Å². The van der Waals surface area contributed by atoms with E-state index in [1.165, 1.54) is 0 Å². The van der Waals surface area contributed by atoms with Crippen molar-refractivity contribution in [1.29, 1.82) is 0 Å². The number of hydrogen-bond acceptors (Lipinski definition) is 5. The molecule has 2 aromatic carbocycles. The van der Waals surface area contributed by atoms with Gasteiger partial charge in [-0.25, -0.2) is 13.1 Å². The summed E-state index contributed by atoms with van der Waals surface area (Å²) in [5.74, 6) is 0.974. The van der Waals surface area contributed by atoms with Crippen LogP contribution in [0.1, 0.15) is 86.5 Å². The van der Waals surface area contributed by atoms with Gasteiger partial charge in [0.15, 0.2) is 5.78 Å². The Bertz CT molecular complexity index is 1180. The average molecular weight is 497 g/mol. The lowest BCUT2D eigenvalue weighted by Gasteiger charge is -2.37. The lowest BCUT2D eigenvalue weighted by Crippen LogP contribution is -2.37. The maximum atomic E-state index is 13.2. The van der Waals surface area contributed by atoms with E-state index < -0.39 is 10.0 Å². The number of hydrogen-bond donors (Lipinski definition) is 2. The van der Waals surface area contributed by atoms with Crippen LogP contribution in [0.2, 0.25) is 0 Å². The van der Waals surface area contributed by atoms with E-state index >= 15 is 0 Å². The molecule has 2 heterocycles. The van der Waals surface area contributed by atoms with Gasteiger partial charge in [0.1, 0.15) is 0 Å². The van der Waals surface area contributed by atoms with E-state index in [9.17, 15) is 13.2 Å². The number of carbonyl (C=O) groups is 1. The van der Waals surface area contributed by atoms with Crippen molar-refractivity contribution in [3.05, 3.63) is 59.2 Å². The van der Waals surface area contributed by atoms with Crippen molar-refractivity contribution in [3.63, 3.8) is 0 Å². The highest BCUT2D eigenvalue weighted by atomic mass is 32.2. The fourth-order valence-electron chi connectivity index (χ4n) is 5.80. The van der Waals surface area contributed by atoms with Gasteiger partial charge in [-0.05, 0) is 61.8 Å². The molecule has 3 aliphatic rings. The first kappa shape index (κ1) is 24.5. The number of ether oxygens (including phenoxy) is 1. The van der Waals surface area contributed by atoms with E-state index in [0.717, 1.165) is 54.5 Å². The van der Waals surface area contributed by atoms with E-state index in [0.29, 0.717) is 17.4 Å². The van der Waals surface area contributed by atoms with E-state index in [-0.39, 0.29) is 35.8 Å². The molecule has 7 heteroatoms. The van der Waals surface area contributed by atoms with Crippen molar-refractivity contribution in [2.45, 2.75) is 76.0 Å². The molecule has 0 radical (unpaired) electrons. The molecule has 1 saturated carbocycles. The Morgan fingerprint density at radius 1 is 1.03 bits per heavy atom. The third kappa shape index (κ3) is 4.91. The van der Waals surface area contributed by atoms with E-state index in [1.54, 1.807) is 12.1 Å². The quantitative estimate of drug-likeness (QED) is 0.507. The topological polar surface area (TPSA) is 84.5 Å². The Kier molecular flexibility index (Phi) is 6.77. The summed E-state index contributed by atoms with van der Waals surface area (Å²) < 4.78 is 35.4. The monoisotopic (exact) mass is 496 g/mol. The summed E-state index contributed by atoms with van der Waals surface area (Å²) in [6.07, 6.45) is 4.65. The van der Waals surface area contributed by atoms with Gasteiger partial charge in [0.2, 0.25) is 10.0 Å². The Morgan fingerprint density at radius 3 is 2.43 bits per heavy atom. The molecule has 2 aromatic rings. The number of Topliss-reactive ketones (excluding diaryl/α,β-unsaturated/α-hetero) is 1. The van der Waals surface area contributed by atoms with E-state index in [2.05, 4.69) is 17.0 Å². The van der Waals surface area contributed by atoms with Crippen LogP contribution in [0, 0.1) is 17.8 Å². The summed E-state index contributed by atoms with van der Waals surface area (Å²) in [5, 5.41) is 3.64. The van der Waals surface area contributed by atoms with Crippen molar-refractivity contribution in [2.24, 2.45) is 17.8 Å². The number of nitrogens with one attached hydrogen (secondary N) is 2. The summed E-state index contributed by atoms with van der Waals surface area (Å²) in [6.45, 7) is 6.70. The molecule has 1 aliphatic carbocycles. The Morgan fingerprint density at radius 2 is 1.74 bits per heavy atom. The minimum atomic E-state index is -3.59. The molecule has 2 fully saturated rings. The zero-order valence-electron chi connectivity index (χ0n) is 20.8. The van der Waals surface area contributed by atoms with Crippen LogP contribution in [0.25, 0.3) is 0 Å². The number of sulfonamides is 1. The first-order valence-corrected chi connectivity index (χ1v) is 14.4. The van der Waals surface area contributed by atoms with Crippen LogP contribution in [-0.2, 0) is 14.8 Å². The van der Waals surface area contributed by atoms with Crippen molar-refractivity contribution in [2.75, 3.05) is 11.9 Å². The largest absolute Gasteiger partial charge is 0.378 e. The van der Waals surface area contributed by atoms with Gasteiger partial charge in [-0.3, -0.25) is 4.79 Å². The third-order valence-corrected chi connectivity index (χ3v) is 9.45. The second kappa shape index (κ2) is 9.68. The summed E-state index contributed by atoms with van der Waals surface area (Å²) in [4.78, 5) is 12.6. The van der Waals surface area contributed by atoms with Gasteiger partial charge in [-0.2, -0.15) is 0 Å². The molecule has 0 aromatic heterocycles. The molecule has 5 rings (SSSR count). The number of benzene rings is 2. The summed E-state index contributed by atoms with van der Waals surface area (Å²) in [5.41, 5.74) is 3.66. The van der Waals surface area contributed by atoms with Crippen molar-refractivity contribution in [1.82, 2.24) is 4.72 Å². The average Bonchev–Trinajstić information content (AvgIpc) is 3.34. The van der Waals surface area contributed by atoms with Crippen molar-refractivity contribution in [3.8, 4) is 0 Å². The number of carbonyl (C=O) groups excluding carboxylic acids is 1. The summed E-state index contributed by atoms with van der Waals surface area (Å²) in [6, 6.07) is 13.3. The molecule has 2 aliphatic heterocycles. The molecule has 6 nitrogen and oxygen atoms in total. The standard InChI is InChI=1S/C28H36N2O4S/c1-17(2)27(31)20-8-6-19(7-9-20)26-23-14-15-34-28(23)24-16-22(12-13-25(24)29-26)35(32,33)30-21-10-4-18(3)5-11-21/h6-9,12-13,16-18,21,23,26,28-30H,4-5,10-11,14-15H2,1-3H3/t18?,21?,23-,26?,28-/m0/s1. The zero-order valence-corrected chi connectivity index (χ0v) is 21.6. The van der Waals surface area contributed by atoms with Crippen LogP contribution in [0.4, 0.5) is 5.69 Å². The molecular formula is C28H36N2O4S. The molecule has 0 amide bonds. The van der Waals surface area contributed by atoms with Crippen LogP contribution in [-0.4, -0.2) is 26.8 Å². The second-order valence-electron chi connectivity index (χ2n) is 10.8. The van der Waals surface area contributed by atoms with Crippen LogP contribution >= 0.6 is 0 Å². The second-order valence-corrected chi connectivity index (χ2v) is 12.5. The molecular weight excluding hydrogens is 460 g/mol. The molecule has 35 heavy (non-hydrogen) atoms. The molecule has 1 unspecified atom stereocenters. The Labute approximate surface area is 208 Å². The molecule has 0 spiro atoms. The number of ketones is 1. The smallest absolute Gasteiger partial charge is 0.240 e. The zero-order chi connectivity index (χ0) is 24.7. The van der Waals surface area contributed by atoms with E-state index in [1.807, 2.05) is 44.2 Å². The maximum absolute atomic E-state index is 13.2. The van der Waals surface area contributed by atoms with Gasteiger partial charge >= 0.3 is 0 Å². The van der Waals surface area contributed by atoms with Gasteiger partial charge in [0.25, 0.3) is 0 Å². The number of rotatable bonds is 6. The molecule has 188 valence electrons.